The highest BCUT2D eigenvalue weighted by molar-refractivity contribution is 5.96. The van der Waals surface area contributed by atoms with E-state index in [-0.39, 0.29) is 18.3 Å². The first-order valence-electron chi connectivity index (χ1n) is 9.61. The van der Waals surface area contributed by atoms with E-state index in [9.17, 15) is 18.0 Å². The summed E-state index contributed by atoms with van der Waals surface area (Å²) in [6.07, 6.45) is -3.61. The number of fused-ring (bicyclic) bond motifs is 1. The molecule has 5 nitrogen and oxygen atoms in total. The lowest BCUT2D eigenvalue weighted by Crippen LogP contribution is -2.41. The van der Waals surface area contributed by atoms with Gasteiger partial charge in [0.15, 0.2) is 6.10 Å². The SMILES string of the molecule is C[C@H]1CCCN1c1ccc(NC(=O)C2CNc3ccccc3O2)c(C(F)(F)F)c1. The van der Waals surface area contributed by atoms with Crippen molar-refractivity contribution in [1.82, 2.24) is 0 Å². The van der Waals surface area contributed by atoms with Crippen LogP contribution in [-0.2, 0) is 11.0 Å². The molecule has 2 aromatic rings. The van der Waals surface area contributed by atoms with Gasteiger partial charge in [0.05, 0.1) is 23.5 Å². The zero-order valence-corrected chi connectivity index (χ0v) is 15.9. The second-order valence-corrected chi connectivity index (χ2v) is 7.39. The van der Waals surface area contributed by atoms with Gasteiger partial charge in [-0.3, -0.25) is 4.79 Å². The lowest BCUT2D eigenvalue weighted by atomic mass is 10.1. The van der Waals surface area contributed by atoms with Crippen LogP contribution in [0.15, 0.2) is 42.5 Å². The van der Waals surface area contributed by atoms with Gasteiger partial charge >= 0.3 is 6.18 Å². The number of nitrogens with one attached hydrogen (secondary N) is 2. The summed E-state index contributed by atoms with van der Waals surface area (Å²) in [5, 5.41) is 5.46. The topological polar surface area (TPSA) is 53.6 Å². The summed E-state index contributed by atoms with van der Waals surface area (Å²) in [7, 11) is 0. The monoisotopic (exact) mass is 405 g/mol. The standard InChI is InChI=1S/C21H22F3N3O2/c1-13-5-4-10-27(13)14-8-9-16(15(11-14)21(22,23)24)26-20(28)19-12-25-17-6-2-3-7-18(17)29-19/h2-3,6-9,11,13,19,25H,4-5,10,12H2,1H3,(H,26,28)/t13-,19?/m0/s1. The van der Waals surface area contributed by atoms with Gasteiger partial charge in [-0.25, -0.2) is 0 Å². The van der Waals surface area contributed by atoms with Crippen LogP contribution in [0.5, 0.6) is 5.75 Å². The second kappa shape index (κ2) is 7.50. The van der Waals surface area contributed by atoms with E-state index in [1.807, 2.05) is 24.0 Å². The summed E-state index contributed by atoms with van der Waals surface area (Å²) in [5.41, 5.74) is 0.147. The van der Waals surface area contributed by atoms with E-state index in [2.05, 4.69) is 10.6 Å². The molecule has 1 amide bonds. The molecular weight excluding hydrogens is 383 g/mol. The van der Waals surface area contributed by atoms with E-state index in [4.69, 9.17) is 4.74 Å². The maximum Gasteiger partial charge on any atom is 0.418 e. The van der Waals surface area contributed by atoms with E-state index >= 15 is 0 Å². The minimum atomic E-state index is -4.58. The fourth-order valence-corrected chi connectivity index (χ4v) is 3.84. The van der Waals surface area contributed by atoms with Gasteiger partial charge < -0.3 is 20.3 Å². The van der Waals surface area contributed by atoms with E-state index < -0.39 is 23.8 Å². The average Bonchev–Trinajstić information content (AvgIpc) is 3.13. The first-order valence-corrected chi connectivity index (χ1v) is 9.61. The third-order valence-electron chi connectivity index (χ3n) is 5.38. The van der Waals surface area contributed by atoms with Gasteiger partial charge in [0, 0.05) is 18.3 Å². The van der Waals surface area contributed by atoms with Crippen molar-refractivity contribution in [1.29, 1.82) is 0 Å². The Bertz CT molecular complexity index is 916. The molecule has 1 saturated heterocycles. The van der Waals surface area contributed by atoms with Crippen molar-refractivity contribution >= 4 is 23.0 Å². The molecule has 2 aromatic carbocycles. The minimum absolute atomic E-state index is 0.174. The van der Waals surface area contributed by atoms with Crippen LogP contribution >= 0.6 is 0 Å². The van der Waals surface area contributed by atoms with Gasteiger partial charge in [-0.15, -0.1) is 0 Å². The van der Waals surface area contributed by atoms with Crippen molar-refractivity contribution in [2.45, 2.75) is 38.1 Å². The van der Waals surface area contributed by atoms with Gasteiger partial charge in [-0.2, -0.15) is 13.2 Å². The van der Waals surface area contributed by atoms with Gasteiger partial charge in [-0.05, 0) is 50.1 Å². The molecule has 4 rings (SSSR count). The highest BCUT2D eigenvalue weighted by atomic mass is 19.4. The quantitative estimate of drug-likeness (QED) is 0.789. The highest BCUT2D eigenvalue weighted by Gasteiger charge is 2.36. The molecule has 2 aliphatic rings. The molecule has 0 saturated carbocycles. The van der Waals surface area contributed by atoms with Crippen LogP contribution in [0.1, 0.15) is 25.3 Å². The van der Waals surface area contributed by atoms with Gasteiger partial charge in [0.1, 0.15) is 5.75 Å². The highest BCUT2D eigenvalue weighted by Crippen LogP contribution is 2.39. The first-order chi connectivity index (χ1) is 13.8. The number of hydrogen-bond acceptors (Lipinski definition) is 4. The Labute approximate surface area is 166 Å². The zero-order valence-electron chi connectivity index (χ0n) is 15.9. The summed E-state index contributed by atoms with van der Waals surface area (Å²) >= 11 is 0. The predicted octanol–water partition coefficient (Wildman–Crippen LogP) is 4.51. The Kier molecular flexibility index (Phi) is 5.02. The van der Waals surface area contributed by atoms with Crippen LogP contribution in [0.4, 0.5) is 30.2 Å². The number of amides is 1. The lowest BCUT2D eigenvalue weighted by molar-refractivity contribution is -0.137. The molecule has 2 aliphatic heterocycles. The van der Waals surface area contributed by atoms with Crippen molar-refractivity contribution in [3.63, 3.8) is 0 Å². The number of para-hydroxylation sites is 2. The largest absolute Gasteiger partial charge is 0.477 e. The number of halogens is 3. The van der Waals surface area contributed by atoms with Gasteiger partial charge in [0.2, 0.25) is 0 Å². The van der Waals surface area contributed by atoms with Crippen molar-refractivity contribution in [3.05, 3.63) is 48.0 Å². The minimum Gasteiger partial charge on any atom is -0.477 e. The Morgan fingerprint density at radius 3 is 2.76 bits per heavy atom. The fraction of sp³-hybridized carbons (Fsp3) is 0.381. The summed E-state index contributed by atoms with van der Waals surface area (Å²) in [5.74, 6) is -0.131. The molecule has 0 aliphatic carbocycles. The Balaban J connectivity index is 1.55. The fourth-order valence-electron chi connectivity index (χ4n) is 3.84. The number of anilines is 3. The van der Waals surface area contributed by atoms with Gasteiger partial charge in [0.25, 0.3) is 5.91 Å². The molecule has 0 bridgehead atoms. The number of alkyl halides is 3. The third kappa shape index (κ3) is 3.97. The molecule has 0 radical (unpaired) electrons. The lowest BCUT2D eigenvalue weighted by Gasteiger charge is -2.28. The number of hydrogen-bond donors (Lipinski definition) is 2. The normalized spacial score (nSPS) is 21.2. The molecular formula is C21H22F3N3O2. The van der Waals surface area contributed by atoms with Crippen LogP contribution < -0.4 is 20.3 Å². The number of rotatable bonds is 3. The predicted molar refractivity (Wildman–Crippen MR) is 105 cm³/mol. The third-order valence-corrected chi connectivity index (χ3v) is 5.38. The van der Waals surface area contributed by atoms with Crippen molar-refractivity contribution in [3.8, 4) is 5.75 Å². The molecule has 2 heterocycles. The van der Waals surface area contributed by atoms with E-state index in [0.29, 0.717) is 11.4 Å². The molecule has 1 fully saturated rings. The molecule has 8 heteroatoms. The number of carbonyl (C=O) groups excluding carboxylic acids is 1. The van der Waals surface area contributed by atoms with Crippen LogP contribution in [0, 0.1) is 0 Å². The summed E-state index contributed by atoms with van der Waals surface area (Å²) in [4.78, 5) is 14.6. The number of nitrogens with zero attached hydrogens (tertiary/aromatic N) is 1. The number of ether oxygens (including phenoxy) is 1. The van der Waals surface area contributed by atoms with Crippen molar-refractivity contribution in [2.75, 3.05) is 28.6 Å². The Morgan fingerprint density at radius 1 is 1.24 bits per heavy atom. The van der Waals surface area contributed by atoms with Crippen LogP contribution in [0.3, 0.4) is 0 Å². The van der Waals surface area contributed by atoms with E-state index in [1.54, 1.807) is 18.2 Å². The molecule has 0 aromatic heterocycles. The van der Waals surface area contributed by atoms with E-state index in [0.717, 1.165) is 31.1 Å². The molecule has 1 unspecified atom stereocenters. The summed E-state index contributed by atoms with van der Waals surface area (Å²) < 4.78 is 46.7. The van der Waals surface area contributed by atoms with Crippen LogP contribution in [-0.4, -0.2) is 31.1 Å². The van der Waals surface area contributed by atoms with Crippen LogP contribution in [0.2, 0.25) is 0 Å². The van der Waals surface area contributed by atoms with Crippen LogP contribution in [0.25, 0.3) is 0 Å². The smallest absolute Gasteiger partial charge is 0.418 e. The molecule has 29 heavy (non-hydrogen) atoms. The Hall–Kier alpha value is -2.90. The maximum absolute atomic E-state index is 13.7. The van der Waals surface area contributed by atoms with E-state index in [1.165, 1.54) is 6.07 Å². The first kappa shape index (κ1) is 19.4. The molecule has 2 atom stereocenters. The Morgan fingerprint density at radius 2 is 2.03 bits per heavy atom. The zero-order chi connectivity index (χ0) is 20.6. The van der Waals surface area contributed by atoms with Crippen molar-refractivity contribution in [2.24, 2.45) is 0 Å². The maximum atomic E-state index is 13.7. The summed E-state index contributed by atoms with van der Waals surface area (Å²) in [6.45, 7) is 2.90. The van der Waals surface area contributed by atoms with Crippen molar-refractivity contribution < 1.29 is 22.7 Å². The van der Waals surface area contributed by atoms with Gasteiger partial charge in [-0.1, -0.05) is 12.1 Å². The average molecular weight is 405 g/mol. The second-order valence-electron chi connectivity index (χ2n) is 7.39. The summed E-state index contributed by atoms with van der Waals surface area (Å²) in [6, 6.07) is 11.4. The number of benzene rings is 2. The number of carbonyl (C=O) groups is 1. The molecule has 2 N–H and O–H groups in total. The molecule has 0 spiro atoms. The molecule has 154 valence electrons.